The summed E-state index contributed by atoms with van der Waals surface area (Å²) in [6.07, 6.45) is 2.48. The molecule has 40 heavy (non-hydrogen) atoms. The molecule has 1 aliphatic rings. The number of phenolic OH excluding ortho intramolecular Hbond substituents is 1. The van der Waals surface area contributed by atoms with Crippen LogP contribution in [0.3, 0.4) is 0 Å². The predicted octanol–water partition coefficient (Wildman–Crippen LogP) is 3.97. The number of carbonyl (C=O) groups excluding carboxylic acids is 1. The zero-order chi connectivity index (χ0) is 29.1. The number of benzene rings is 2. The monoisotopic (exact) mass is 631 g/mol. The Kier molecular flexibility index (Phi) is 8.74. The average Bonchev–Trinajstić information content (AvgIpc) is 3.23. The Morgan fingerprint density at radius 3 is 2.58 bits per heavy atom. The van der Waals surface area contributed by atoms with E-state index in [4.69, 9.17) is 19.2 Å². The van der Waals surface area contributed by atoms with Gasteiger partial charge < -0.3 is 19.3 Å². The predicted molar refractivity (Wildman–Crippen MR) is 152 cm³/mol. The normalized spacial score (nSPS) is 14.9. The van der Waals surface area contributed by atoms with Crippen molar-refractivity contribution in [2.75, 3.05) is 20.8 Å². The highest BCUT2D eigenvalue weighted by Crippen LogP contribution is 2.39. The summed E-state index contributed by atoms with van der Waals surface area (Å²) in [5.74, 6) is -0.622. The number of hydrogen-bond acceptors (Lipinski definition) is 10. The van der Waals surface area contributed by atoms with E-state index in [9.17, 15) is 24.8 Å². The molecule has 0 bridgehead atoms. The number of ether oxygens (including phenoxy) is 3. The van der Waals surface area contributed by atoms with E-state index in [-0.39, 0.29) is 39.5 Å². The molecule has 0 unspecified atom stereocenters. The zero-order valence-electron chi connectivity index (χ0n) is 22.1. The molecule has 0 fully saturated rings. The summed E-state index contributed by atoms with van der Waals surface area (Å²) in [5, 5.41) is 22.1. The number of nitro groups is 1. The van der Waals surface area contributed by atoms with Crippen LogP contribution in [-0.2, 0) is 9.53 Å². The number of thiazole rings is 1. The van der Waals surface area contributed by atoms with Gasteiger partial charge >= 0.3 is 5.97 Å². The van der Waals surface area contributed by atoms with E-state index in [0.29, 0.717) is 39.1 Å². The van der Waals surface area contributed by atoms with Crippen molar-refractivity contribution in [1.29, 1.82) is 0 Å². The minimum Gasteiger partial charge on any atom is -0.504 e. The molecule has 0 spiro atoms. The van der Waals surface area contributed by atoms with Crippen LogP contribution in [0, 0.1) is 10.1 Å². The molecule has 11 nitrogen and oxygen atoms in total. The molecule has 0 saturated carbocycles. The topological polar surface area (TPSA) is 142 Å². The molecule has 210 valence electrons. The van der Waals surface area contributed by atoms with Gasteiger partial charge in [-0.1, -0.05) is 40.6 Å². The number of allylic oxidation sites excluding steroid dienone is 1. The van der Waals surface area contributed by atoms with Crippen LogP contribution >= 0.6 is 27.3 Å². The maximum Gasteiger partial charge on any atom is 0.338 e. The molecular formula is C27H26BrN3O8S. The Morgan fingerprint density at radius 1 is 1.23 bits per heavy atom. The number of phenols is 1. The molecule has 0 amide bonds. The number of fused-ring (bicyclic) bond motifs is 1. The Labute approximate surface area is 240 Å². The maximum atomic E-state index is 14.0. The lowest BCUT2D eigenvalue weighted by atomic mass is 9.93. The number of halogens is 1. The molecular weight excluding hydrogens is 606 g/mol. The first-order chi connectivity index (χ1) is 19.1. The fourth-order valence-corrected chi connectivity index (χ4v) is 5.85. The van der Waals surface area contributed by atoms with Gasteiger partial charge in [0.05, 0.1) is 47.6 Å². The van der Waals surface area contributed by atoms with E-state index in [2.05, 4.69) is 15.9 Å². The minimum absolute atomic E-state index is 0.0197. The number of aromatic hydroxyl groups is 1. The Balaban J connectivity index is 2.08. The summed E-state index contributed by atoms with van der Waals surface area (Å²) < 4.78 is 18.3. The Morgan fingerprint density at radius 2 is 1.95 bits per heavy atom. The van der Waals surface area contributed by atoms with Crippen LogP contribution in [0.25, 0.3) is 6.08 Å². The second-order valence-electron chi connectivity index (χ2n) is 8.64. The third-order valence-corrected chi connectivity index (χ3v) is 7.66. The largest absolute Gasteiger partial charge is 0.504 e. The molecule has 1 aliphatic heterocycles. The minimum atomic E-state index is -0.931. The number of non-ortho nitro benzene ring substituents is 1. The summed E-state index contributed by atoms with van der Waals surface area (Å²) >= 11 is 4.51. The second-order valence-corrected chi connectivity index (χ2v) is 10.6. The first kappa shape index (κ1) is 29.0. The second kappa shape index (κ2) is 12.0. The number of esters is 1. The van der Waals surface area contributed by atoms with E-state index in [1.54, 1.807) is 25.1 Å². The summed E-state index contributed by atoms with van der Waals surface area (Å²) in [7, 11) is 2.77. The third kappa shape index (κ3) is 5.39. The van der Waals surface area contributed by atoms with Crippen LogP contribution in [0.5, 0.6) is 17.2 Å². The van der Waals surface area contributed by atoms with Crippen molar-refractivity contribution >= 4 is 45.0 Å². The lowest BCUT2D eigenvalue weighted by Crippen LogP contribution is -2.40. The highest BCUT2D eigenvalue weighted by Gasteiger charge is 2.36. The molecule has 1 N–H and O–H groups in total. The van der Waals surface area contributed by atoms with Crippen molar-refractivity contribution < 1.29 is 29.0 Å². The van der Waals surface area contributed by atoms with Gasteiger partial charge in [-0.15, -0.1) is 0 Å². The van der Waals surface area contributed by atoms with Gasteiger partial charge in [-0.2, -0.15) is 0 Å². The van der Waals surface area contributed by atoms with Gasteiger partial charge in [-0.25, -0.2) is 9.79 Å². The highest BCUT2D eigenvalue weighted by atomic mass is 79.9. The fraction of sp³-hybridized carbons (Fsp3) is 0.296. The SMILES string of the molecule is CCCC1=C(C(=O)OCC)[C@@H](c2cc(Br)ccc2OC)n2c(s/c(=C\c3cc([N+](=O)[O-])cc(OC)c3O)c2=O)=N1. The lowest BCUT2D eigenvalue weighted by Gasteiger charge is -2.27. The summed E-state index contributed by atoms with van der Waals surface area (Å²) in [5.41, 5.74) is 0.431. The van der Waals surface area contributed by atoms with Crippen molar-refractivity contribution in [2.24, 2.45) is 4.99 Å². The van der Waals surface area contributed by atoms with Gasteiger partial charge in [0.1, 0.15) is 11.8 Å². The van der Waals surface area contributed by atoms with E-state index < -0.39 is 22.5 Å². The first-order valence-electron chi connectivity index (χ1n) is 12.3. The average molecular weight is 632 g/mol. The summed E-state index contributed by atoms with van der Waals surface area (Å²) in [6, 6.07) is 6.59. The molecule has 0 aliphatic carbocycles. The zero-order valence-corrected chi connectivity index (χ0v) is 24.5. The van der Waals surface area contributed by atoms with Gasteiger partial charge in [-0.05, 0) is 37.6 Å². The molecule has 4 rings (SSSR count). The summed E-state index contributed by atoms with van der Waals surface area (Å²) in [4.78, 5) is 43.2. The molecule has 2 aromatic carbocycles. The number of methoxy groups -OCH3 is 2. The van der Waals surface area contributed by atoms with Crippen LogP contribution in [0.2, 0.25) is 0 Å². The molecule has 1 atom stereocenters. The smallest absolute Gasteiger partial charge is 0.338 e. The van der Waals surface area contributed by atoms with E-state index in [1.807, 2.05) is 6.92 Å². The van der Waals surface area contributed by atoms with Crippen molar-refractivity contribution in [2.45, 2.75) is 32.7 Å². The molecule has 13 heteroatoms. The van der Waals surface area contributed by atoms with E-state index in [0.717, 1.165) is 23.5 Å². The maximum absolute atomic E-state index is 14.0. The van der Waals surface area contributed by atoms with Crippen molar-refractivity contribution in [3.05, 3.63) is 87.0 Å². The molecule has 1 aromatic heterocycles. The Hall–Kier alpha value is -3.97. The van der Waals surface area contributed by atoms with Crippen LogP contribution in [0.15, 0.2) is 55.9 Å². The van der Waals surface area contributed by atoms with Gasteiger partial charge in [0.2, 0.25) is 0 Å². The van der Waals surface area contributed by atoms with Crippen LogP contribution in [0.4, 0.5) is 5.69 Å². The van der Waals surface area contributed by atoms with Gasteiger partial charge in [-0.3, -0.25) is 19.5 Å². The van der Waals surface area contributed by atoms with E-state index >= 15 is 0 Å². The number of nitro benzene ring substituents is 1. The lowest BCUT2D eigenvalue weighted by molar-refractivity contribution is -0.385. The van der Waals surface area contributed by atoms with Crippen molar-refractivity contribution in [3.63, 3.8) is 0 Å². The Bertz CT molecular complexity index is 1710. The van der Waals surface area contributed by atoms with Crippen LogP contribution in [-0.4, -0.2) is 41.4 Å². The number of hydrogen-bond donors (Lipinski definition) is 1. The third-order valence-electron chi connectivity index (χ3n) is 6.19. The van der Waals surface area contributed by atoms with Crippen LogP contribution < -0.4 is 24.4 Å². The fourth-order valence-electron chi connectivity index (χ4n) is 4.46. The van der Waals surface area contributed by atoms with Crippen LogP contribution in [0.1, 0.15) is 43.9 Å². The molecule has 3 aromatic rings. The summed E-state index contributed by atoms with van der Waals surface area (Å²) in [6.45, 7) is 3.78. The molecule has 0 radical (unpaired) electrons. The number of aromatic nitrogens is 1. The van der Waals surface area contributed by atoms with Gasteiger partial charge in [0.25, 0.3) is 11.2 Å². The standard InChI is InChI=1S/C27H26BrN3O8S/c1-5-7-18-22(26(34)39-6-2)23(17-12-15(28)8-9-19(17)37-3)30-25(33)21(40-27(30)29-18)11-14-10-16(31(35)36)13-20(38-4)24(14)32/h8-13,23,32H,5-7H2,1-4H3/b21-11-/t23-/m1/s1. The van der Waals surface area contributed by atoms with E-state index in [1.165, 1.54) is 24.9 Å². The van der Waals surface area contributed by atoms with Gasteiger partial charge in [0, 0.05) is 21.7 Å². The van der Waals surface area contributed by atoms with Gasteiger partial charge in [0.15, 0.2) is 16.3 Å². The number of carbonyl (C=O) groups is 1. The van der Waals surface area contributed by atoms with Crippen molar-refractivity contribution in [1.82, 2.24) is 4.57 Å². The number of nitrogens with zero attached hydrogens (tertiary/aromatic N) is 3. The quantitative estimate of drug-likeness (QED) is 0.212. The van der Waals surface area contributed by atoms with Crippen molar-refractivity contribution in [3.8, 4) is 17.2 Å². The highest BCUT2D eigenvalue weighted by molar-refractivity contribution is 9.10. The molecule has 2 heterocycles. The molecule has 0 saturated heterocycles. The first-order valence-corrected chi connectivity index (χ1v) is 13.9. The number of rotatable bonds is 9.